The van der Waals surface area contributed by atoms with E-state index in [0.29, 0.717) is 17.9 Å². The minimum Gasteiger partial charge on any atom is -0.444 e. The van der Waals surface area contributed by atoms with E-state index < -0.39 is 17.2 Å². The third kappa shape index (κ3) is 4.27. The molecule has 21 heavy (non-hydrogen) atoms. The summed E-state index contributed by atoms with van der Waals surface area (Å²) >= 11 is 0. The Hall–Kier alpha value is -1.92. The molecule has 0 bridgehead atoms. The third-order valence-corrected chi connectivity index (χ3v) is 3.21. The number of nitrogens with one attached hydrogen (secondary N) is 1. The van der Waals surface area contributed by atoms with Gasteiger partial charge in [0.25, 0.3) is 0 Å². The Bertz CT molecular complexity index is 531. The van der Waals surface area contributed by atoms with Gasteiger partial charge in [0.2, 0.25) is 0 Å². The van der Waals surface area contributed by atoms with Crippen molar-refractivity contribution in [3.05, 3.63) is 11.9 Å². The highest BCUT2D eigenvalue weighted by atomic mass is 16.6. The summed E-state index contributed by atoms with van der Waals surface area (Å²) in [6.07, 6.45) is 4.09. The predicted octanol–water partition coefficient (Wildman–Crippen LogP) is 1.63. The fraction of sp³-hybridized carbons (Fsp3) is 0.714. The van der Waals surface area contributed by atoms with Crippen LogP contribution >= 0.6 is 0 Å². The molecule has 1 aromatic heterocycles. The molecule has 1 fully saturated rings. The second kappa shape index (κ2) is 5.46. The van der Waals surface area contributed by atoms with Crippen LogP contribution in [0.25, 0.3) is 0 Å². The average Bonchev–Trinajstić information content (AvgIpc) is 3.01. The van der Waals surface area contributed by atoms with E-state index in [1.54, 1.807) is 38.6 Å². The topological polar surface area (TPSA) is 86.1 Å². The lowest BCUT2D eigenvalue weighted by atomic mass is 10.0. The number of ether oxygens (including phenoxy) is 1. The minimum absolute atomic E-state index is 0.406. The number of amides is 1. The van der Waals surface area contributed by atoms with Crippen molar-refractivity contribution < 1.29 is 14.3 Å². The van der Waals surface area contributed by atoms with E-state index >= 15 is 0 Å². The maximum atomic E-state index is 11.9. The largest absolute Gasteiger partial charge is 0.444 e. The van der Waals surface area contributed by atoms with Crippen molar-refractivity contribution in [2.24, 2.45) is 5.92 Å². The third-order valence-electron chi connectivity index (χ3n) is 3.21. The van der Waals surface area contributed by atoms with Crippen LogP contribution in [-0.4, -0.2) is 33.0 Å². The maximum absolute atomic E-state index is 11.9. The number of hydrogen-bond acceptors (Lipinski definition) is 5. The Balaban J connectivity index is 2.06. The monoisotopic (exact) mass is 294 g/mol. The Kier molecular flexibility index (Phi) is 4.02. The van der Waals surface area contributed by atoms with Gasteiger partial charge in [-0.15, -0.1) is 5.10 Å². The van der Waals surface area contributed by atoms with Crippen molar-refractivity contribution >= 4 is 12.4 Å². The van der Waals surface area contributed by atoms with Gasteiger partial charge in [-0.25, -0.2) is 4.79 Å². The first-order valence-electron chi connectivity index (χ1n) is 7.10. The number of carbonyl (C=O) groups is 2. The number of carbonyl (C=O) groups excluding carboxylic acids is 2. The van der Waals surface area contributed by atoms with E-state index in [2.05, 4.69) is 15.6 Å². The van der Waals surface area contributed by atoms with Crippen LogP contribution < -0.4 is 5.32 Å². The summed E-state index contributed by atoms with van der Waals surface area (Å²) in [7, 11) is 0. The molecule has 1 heterocycles. The SMILES string of the molecule is CC(C)(C)OC(=O)NC(C)(C=O)c1cn(CC2CC2)nn1. The normalized spacial score (nSPS) is 17.9. The zero-order valence-electron chi connectivity index (χ0n) is 12.9. The second-order valence-corrected chi connectivity index (χ2v) is 6.72. The molecule has 2 rings (SSSR count). The van der Waals surface area contributed by atoms with Crippen molar-refractivity contribution in [1.29, 1.82) is 0 Å². The lowest BCUT2D eigenvalue weighted by Crippen LogP contribution is -2.47. The van der Waals surface area contributed by atoms with Crippen molar-refractivity contribution in [2.45, 2.75) is 58.2 Å². The molecule has 1 N–H and O–H groups in total. The van der Waals surface area contributed by atoms with E-state index in [1.807, 2.05) is 0 Å². The van der Waals surface area contributed by atoms with E-state index in [1.165, 1.54) is 12.8 Å². The average molecular weight is 294 g/mol. The van der Waals surface area contributed by atoms with Crippen molar-refractivity contribution in [1.82, 2.24) is 20.3 Å². The molecule has 1 aliphatic rings. The predicted molar refractivity (Wildman–Crippen MR) is 75.5 cm³/mol. The highest BCUT2D eigenvalue weighted by Gasteiger charge is 2.34. The molecule has 7 heteroatoms. The molecule has 0 spiro atoms. The first kappa shape index (κ1) is 15.5. The first-order valence-corrected chi connectivity index (χ1v) is 7.10. The summed E-state index contributed by atoms with van der Waals surface area (Å²) in [5, 5.41) is 10.6. The molecule has 0 aromatic carbocycles. The Morgan fingerprint density at radius 2 is 2.14 bits per heavy atom. The number of aromatic nitrogens is 3. The fourth-order valence-electron chi connectivity index (χ4n) is 1.86. The summed E-state index contributed by atoms with van der Waals surface area (Å²) in [5.74, 6) is 0.654. The van der Waals surface area contributed by atoms with Gasteiger partial charge in [-0.3, -0.25) is 4.68 Å². The van der Waals surface area contributed by atoms with Crippen LogP contribution in [0, 0.1) is 5.92 Å². The minimum atomic E-state index is -1.25. The lowest BCUT2D eigenvalue weighted by Gasteiger charge is -2.25. The van der Waals surface area contributed by atoms with Crippen LogP contribution in [0.15, 0.2) is 6.20 Å². The summed E-state index contributed by atoms with van der Waals surface area (Å²) in [6, 6.07) is 0. The van der Waals surface area contributed by atoms with Crippen molar-refractivity contribution in [2.75, 3.05) is 0 Å². The van der Waals surface area contributed by atoms with Crippen molar-refractivity contribution in [3.63, 3.8) is 0 Å². The fourth-order valence-corrected chi connectivity index (χ4v) is 1.86. The van der Waals surface area contributed by atoms with E-state index in [0.717, 1.165) is 6.54 Å². The summed E-state index contributed by atoms with van der Waals surface area (Å²) < 4.78 is 6.89. The molecule has 1 atom stereocenters. The van der Waals surface area contributed by atoms with Crippen LogP contribution in [0.4, 0.5) is 4.79 Å². The van der Waals surface area contributed by atoms with Gasteiger partial charge in [-0.1, -0.05) is 5.21 Å². The van der Waals surface area contributed by atoms with Gasteiger partial charge in [0, 0.05) is 6.54 Å². The lowest BCUT2D eigenvalue weighted by molar-refractivity contribution is -0.113. The second-order valence-electron chi connectivity index (χ2n) is 6.72. The molecular formula is C14H22N4O3. The summed E-state index contributed by atoms with van der Waals surface area (Å²) in [6.45, 7) is 7.66. The molecule has 0 radical (unpaired) electrons. The number of nitrogens with zero attached hydrogens (tertiary/aromatic N) is 3. The van der Waals surface area contributed by atoms with Gasteiger partial charge >= 0.3 is 6.09 Å². The van der Waals surface area contributed by atoms with Gasteiger partial charge in [0.05, 0.1) is 6.20 Å². The molecule has 0 saturated heterocycles. The molecule has 1 aromatic rings. The number of rotatable bonds is 5. The van der Waals surface area contributed by atoms with Crippen LogP contribution in [0.1, 0.15) is 46.2 Å². The van der Waals surface area contributed by atoms with Crippen LogP contribution in [0.2, 0.25) is 0 Å². The van der Waals surface area contributed by atoms with Crippen LogP contribution in [-0.2, 0) is 21.6 Å². The molecule has 0 aliphatic heterocycles. The van der Waals surface area contributed by atoms with Gasteiger partial charge in [0.1, 0.15) is 16.8 Å². The summed E-state index contributed by atoms with van der Waals surface area (Å²) in [5.41, 5.74) is -1.47. The number of alkyl carbamates (subject to hydrolysis) is 1. The zero-order chi connectivity index (χ0) is 15.7. The first-order chi connectivity index (χ1) is 9.72. The molecule has 7 nitrogen and oxygen atoms in total. The van der Waals surface area contributed by atoms with E-state index in [9.17, 15) is 9.59 Å². The van der Waals surface area contributed by atoms with Gasteiger partial charge in [0.15, 0.2) is 6.29 Å². The Labute approximate surface area is 124 Å². The smallest absolute Gasteiger partial charge is 0.408 e. The van der Waals surface area contributed by atoms with Crippen LogP contribution in [0.5, 0.6) is 0 Å². The highest BCUT2D eigenvalue weighted by Crippen LogP contribution is 2.30. The van der Waals surface area contributed by atoms with Crippen LogP contribution in [0.3, 0.4) is 0 Å². The molecule has 116 valence electrons. The Morgan fingerprint density at radius 1 is 1.48 bits per heavy atom. The maximum Gasteiger partial charge on any atom is 0.408 e. The molecule has 1 amide bonds. The van der Waals surface area contributed by atoms with Gasteiger partial charge in [-0.2, -0.15) is 0 Å². The summed E-state index contributed by atoms with van der Waals surface area (Å²) in [4.78, 5) is 23.3. The van der Waals surface area contributed by atoms with Gasteiger partial charge in [-0.05, 0) is 46.5 Å². The standard InChI is InChI=1S/C14H22N4O3/c1-13(2,3)21-12(20)15-14(4,9-19)11-8-18(17-16-11)7-10-5-6-10/h8-10H,5-7H2,1-4H3,(H,15,20). The zero-order valence-corrected chi connectivity index (χ0v) is 12.9. The Morgan fingerprint density at radius 3 is 2.67 bits per heavy atom. The number of aldehydes is 1. The molecule has 1 aliphatic carbocycles. The van der Waals surface area contributed by atoms with E-state index in [-0.39, 0.29) is 0 Å². The van der Waals surface area contributed by atoms with Crippen molar-refractivity contribution in [3.8, 4) is 0 Å². The van der Waals surface area contributed by atoms with Gasteiger partial charge < -0.3 is 14.8 Å². The molecule has 1 saturated carbocycles. The number of hydrogen-bond donors (Lipinski definition) is 1. The van der Waals surface area contributed by atoms with E-state index in [4.69, 9.17) is 4.74 Å². The quantitative estimate of drug-likeness (QED) is 0.834. The highest BCUT2D eigenvalue weighted by molar-refractivity contribution is 5.77. The molecular weight excluding hydrogens is 272 g/mol. The molecule has 1 unspecified atom stereocenters.